The smallest absolute Gasteiger partial charge is 0.166 e. The third-order valence-electron chi connectivity index (χ3n) is 4.54. The van der Waals surface area contributed by atoms with Gasteiger partial charge in [0.15, 0.2) is 8.07 Å². The lowest BCUT2D eigenvalue weighted by Crippen LogP contribution is -2.66. The minimum atomic E-state index is -2.93. The van der Waals surface area contributed by atoms with Gasteiger partial charge >= 0.3 is 0 Å². The van der Waals surface area contributed by atoms with E-state index in [4.69, 9.17) is 0 Å². The molecule has 0 spiro atoms. The van der Waals surface area contributed by atoms with E-state index in [1.165, 1.54) is 0 Å². The predicted octanol–water partition coefficient (Wildman–Crippen LogP) is 2.46. The Morgan fingerprint density at radius 2 is 0.960 bits per heavy atom. The van der Waals surface area contributed by atoms with Crippen molar-refractivity contribution in [2.45, 2.75) is 6.04 Å². The van der Waals surface area contributed by atoms with Crippen LogP contribution in [0.25, 0.3) is 0 Å². The highest BCUT2D eigenvalue weighted by Gasteiger charge is 2.43. The Bertz CT molecular complexity index is 794. The molecule has 0 aliphatic carbocycles. The Morgan fingerprint density at radius 1 is 0.640 bits per heavy atom. The van der Waals surface area contributed by atoms with E-state index < -0.39 is 8.07 Å². The second-order valence-electron chi connectivity index (χ2n) is 5.95. The highest BCUT2D eigenvalue weighted by atomic mass is 28.3. The van der Waals surface area contributed by atoms with Gasteiger partial charge in [-0.1, -0.05) is 60.7 Å². The summed E-state index contributed by atoms with van der Waals surface area (Å²) in [5.74, 6) is 0.465. The van der Waals surface area contributed by atoms with Gasteiger partial charge in [-0.05, 0) is 39.8 Å². The molecule has 3 N–H and O–H groups in total. The van der Waals surface area contributed by atoms with Gasteiger partial charge in [-0.2, -0.15) is 0 Å². The number of hydrogen-bond acceptors (Lipinski definition) is 3. The lowest BCUT2D eigenvalue weighted by Gasteiger charge is -2.34. The fourth-order valence-electron chi connectivity index (χ4n) is 3.49. The van der Waals surface area contributed by atoms with E-state index >= 15 is 0 Å². The standard InChI is InChI=1S/C21H20O3Si/c1-2-15-25(19-12-6-3-9-16(19)22,20-13-7-4-10-17(20)23)21-14-8-5-11-18(21)24/h2-14,22-24H,1,15H2. The maximum Gasteiger partial charge on any atom is 0.166 e. The SMILES string of the molecule is C=CC[Si](c1ccccc1O)(c1ccccc1O)c1ccccc1O. The molecule has 3 nitrogen and oxygen atoms in total. The summed E-state index contributed by atoms with van der Waals surface area (Å²) in [6, 6.07) is 21.9. The van der Waals surface area contributed by atoms with Crippen LogP contribution in [0.4, 0.5) is 0 Å². The fraction of sp³-hybridized carbons (Fsp3) is 0.0476. The first-order valence-electron chi connectivity index (χ1n) is 8.07. The van der Waals surface area contributed by atoms with Crippen molar-refractivity contribution in [1.82, 2.24) is 0 Å². The third kappa shape index (κ3) is 2.81. The van der Waals surface area contributed by atoms with E-state index in [1.54, 1.807) is 42.5 Å². The fourth-order valence-corrected chi connectivity index (χ4v) is 8.15. The van der Waals surface area contributed by atoms with E-state index in [0.29, 0.717) is 6.04 Å². The Labute approximate surface area is 148 Å². The molecule has 0 heterocycles. The number of phenols is 3. The van der Waals surface area contributed by atoms with Gasteiger partial charge in [0.05, 0.1) is 0 Å². The molecule has 3 rings (SSSR count). The second kappa shape index (κ2) is 6.87. The van der Waals surface area contributed by atoms with Gasteiger partial charge in [-0.25, -0.2) is 0 Å². The van der Waals surface area contributed by atoms with Crippen molar-refractivity contribution in [1.29, 1.82) is 0 Å². The maximum atomic E-state index is 10.6. The minimum absolute atomic E-state index is 0.155. The average Bonchev–Trinajstić information content (AvgIpc) is 2.62. The van der Waals surface area contributed by atoms with E-state index in [-0.39, 0.29) is 17.2 Å². The van der Waals surface area contributed by atoms with Crippen LogP contribution in [0.1, 0.15) is 0 Å². The number of benzene rings is 3. The first-order chi connectivity index (χ1) is 12.1. The Balaban J connectivity index is 2.46. The molecule has 0 bridgehead atoms. The number of rotatable bonds is 5. The van der Waals surface area contributed by atoms with Crippen LogP contribution < -0.4 is 15.6 Å². The van der Waals surface area contributed by atoms with Gasteiger partial charge in [-0.15, -0.1) is 6.58 Å². The largest absolute Gasteiger partial charge is 0.508 e. The number of phenolic OH excluding ortho intramolecular Hbond substituents is 3. The molecular formula is C21H20O3Si. The number of aromatic hydroxyl groups is 3. The van der Waals surface area contributed by atoms with Crippen LogP contribution >= 0.6 is 0 Å². The Morgan fingerprint density at radius 3 is 1.24 bits per heavy atom. The molecule has 0 atom stereocenters. The molecule has 0 aliphatic heterocycles. The van der Waals surface area contributed by atoms with Crippen LogP contribution in [-0.2, 0) is 0 Å². The Kier molecular flexibility index (Phi) is 4.63. The molecule has 0 radical (unpaired) electrons. The third-order valence-corrected chi connectivity index (χ3v) is 9.47. The number of allylic oxidation sites excluding steroid dienone is 1. The van der Waals surface area contributed by atoms with E-state index in [9.17, 15) is 15.3 Å². The minimum Gasteiger partial charge on any atom is -0.508 e. The molecule has 0 amide bonds. The van der Waals surface area contributed by atoms with Gasteiger partial charge in [0.1, 0.15) is 17.2 Å². The van der Waals surface area contributed by atoms with Crippen molar-refractivity contribution >= 4 is 23.6 Å². The molecule has 0 saturated heterocycles. The molecule has 126 valence electrons. The van der Waals surface area contributed by atoms with Gasteiger partial charge < -0.3 is 15.3 Å². The van der Waals surface area contributed by atoms with E-state index in [2.05, 4.69) is 6.58 Å². The maximum absolute atomic E-state index is 10.6. The summed E-state index contributed by atoms with van der Waals surface area (Å²) >= 11 is 0. The summed E-state index contributed by atoms with van der Waals surface area (Å²) in [5, 5.41) is 34.0. The van der Waals surface area contributed by atoms with Crippen LogP contribution in [0, 0.1) is 0 Å². The predicted molar refractivity (Wildman–Crippen MR) is 104 cm³/mol. The molecule has 25 heavy (non-hydrogen) atoms. The van der Waals surface area contributed by atoms with E-state index in [0.717, 1.165) is 15.6 Å². The Hall–Kier alpha value is -2.98. The average molecular weight is 348 g/mol. The van der Waals surface area contributed by atoms with Crippen molar-refractivity contribution in [2.24, 2.45) is 0 Å². The van der Waals surface area contributed by atoms with Gasteiger partial charge in [-0.3, -0.25) is 0 Å². The van der Waals surface area contributed by atoms with Gasteiger partial charge in [0.2, 0.25) is 0 Å². The molecule has 0 saturated carbocycles. The normalized spacial score (nSPS) is 11.2. The van der Waals surface area contributed by atoms with Crippen molar-refractivity contribution < 1.29 is 15.3 Å². The van der Waals surface area contributed by atoms with Crippen LogP contribution in [-0.4, -0.2) is 23.4 Å². The van der Waals surface area contributed by atoms with Gasteiger partial charge in [0.25, 0.3) is 0 Å². The summed E-state index contributed by atoms with van der Waals surface area (Å²) in [4.78, 5) is 0. The zero-order chi connectivity index (χ0) is 17.9. The highest BCUT2D eigenvalue weighted by Crippen LogP contribution is 2.24. The molecule has 0 fully saturated rings. The van der Waals surface area contributed by atoms with E-state index in [1.807, 2.05) is 36.4 Å². The van der Waals surface area contributed by atoms with Gasteiger partial charge in [0, 0.05) is 0 Å². The van der Waals surface area contributed by atoms with Crippen LogP contribution in [0.3, 0.4) is 0 Å². The van der Waals surface area contributed by atoms with Crippen molar-refractivity contribution in [3.63, 3.8) is 0 Å². The highest BCUT2D eigenvalue weighted by molar-refractivity contribution is 7.12. The summed E-state index contributed by atoms with van der Waals surface area (Å²) in [6.07, 6.45) is 1.79. The van der Waals surface area contributed by atoms with Crippen LogP contribution in [0.2, 0.25) is 6.04 Å². The second-order valence-corrected chi connectivity index (χ2v) is 9.78. The molecule has 0 unspecified atom stereocenters. The number of para-hydroxylation sites is 3. The van der Waals surface area contributed by atoms with Crippen molar-refractivity contribution in [3.8, 4) is 17.2 Å². The summed E-state index contributed by atoms with van der Waals surface area (Å²) in [6.45, 7) is 3.90. The first kappa shape index (κ1) is 16.9. The topological polar surface area (TPSA) is 60.7 Å². The molecular weight excluding hydrogens is 328 g/mol. The molecule has 3 aromatic rings. The quantitative estimate of drug-likeness (QED) is 0.377. The first-order valence-corrected chi connectivity index (χ1v) is 10.3. The van der Waals surface area contributed by atoms with Crippen LogP contribution in [0.15, 0.2) is 85.5 Å². The number of hydrogen-bond donors (Lipinski definition) is 3. The zero-order valence-corrected chi connectivity index (χ0v) is 14.8. The summed E-state index contributed by atoms with van der Waals surface area (Å²) in [5.41, 5.74) is 0. The van der Waals surface area contributed by atoms with Crippen molar-refractivity contribution in [2.75, 3.05) is 0 Å². The molecule has 4 heteroatoms. The lowest BCUT2D eigenvalue weighted by molar-refractivity contribution is 0.477. The monoisotopic (exact) mass is 348 g/mol. The van der Waals surface area contributed by atoms with Crippen LogP contribution in [0.5, 0.6) is 17.2 Å². The molecule has 0 aromatic heterocycles. The lowest BCUT2D eigenvalue weighted by atomic mass is 10.3. The summed E-state index contributed by atoms with van der Waals surface area (Å²) < 4.78 is 0. The molecule has 0 aliphatic rings. The molecule has 3 aromatic carbocycles. The zero-order valence-electron chi connectivity index (χ0n) is 13.8. The summed E-state index contributed by atoms with van der Waals surface area (Å²) in [7, 11) is -2.93. The van der Waals surface area contributed by atoms with Crippen molar-refractivity contribution in [3.05, 3.63) is 85.5 Å².